The molecule has 194 valence electrons. The Labute approximate surface area is 208 Å². The molecule has 0 spiro atoms. The van der Waals surface area contributed by atoms with Crippen LogP contribution in [-0.2, 0) is 0 Å². The number of imidazole rings is 1. The molecular weight excluding hydrogens is 400 g/mol. The van der Waals surface area contributed by atoms with Crippen molar-refractivity contribution in [2.45, 2.75) is 181 Å². The van der Waals surface area contributed by atoms with Crippen molar-refractivity contribution in [3.05, 3.63) is 18.2 Å². The molecule has 2 nitrogen and oxygen atoms in total. The summed E-state index contributed by atoms with van der Waals surface area (Å²) in [6, 6.07) is 0.623. The smallest absolute Gasteiger partial charge is 0.247 e. The molecule has 0 fully saturated rings. The molecule has 2 unspecified atom stereocenters. The van der Waals surface area contributed by atoms with E-state index in [0.29, 0.717) is 12.0 Å². The molecule has 0 aliphatic heterocycles. The minimum Gasteiger partial charge on any atom is -0.247 e. The Morgan fingerprint density at radius 1 is 0.576 bits per heavy atom. The zero-order chi connectivity index (χ0) is 24.0. The van der Waals surface area contributed by atoms with Crippen LogP contribution in [0.15, 0.2) is 12.4 Å². The summed E-state index contributed by atoms with van der Waals surface area (Å²) in [7, 11) is 0. The number of nitrogens with zero attached hydrogens (tertiary/aromatic N) is 1. The SMILES string of the molecule is CCCCCCCCCCCCC(C)[n+]1cc[nH]c1C(CCC)CCCCCCCCCC. The first-order chi connectivity index (χ1) is 16.2. The molecule has 0 aliphatic rings. The van der Waals surface area contributed by atoms with E-state index in [2.05, 4.69) is 49.6 Å². The molecule has 0 saturated carbocycles. The zero-order valence-corrected chi connectivity index (χ0v) is 23.3. The molecule has 2 atom stereocenters. The van der Waals surface area contributed by atoms with E-state index in [1.807, 2.05) is 0 Å². The Bertz CT molecular complexity index is 521. The summed E-state index contributed by atoms with van der Waals surface area (Å²) in [5.74, 6) is 2.21. The summed E-state index contributed by atoms with van der Waals surface area (Å²) in [6.45, 7) is 9.39. The average molecular weight is 462 g/mol. The van der Waals surface area contributed by atoms with Crippen molar-refractivity contribution < 1.29 is 4.57 Å². The van der Waals surface area contributed by atoms with E-state index in [1.165, 1.54) is 147 Å². The van der Waals surface area contributed by atoms with Crippen LogP contribution in [0.1, 0.15) is 187 Å². The van der Waals surface area contributed by atoms with Gasteiger partial charge in [0.1, 0.15) is 12.4 Å². The van der Waals surface area contributed by atoms with Gasteiger partial charge in [-0.1, -0.05) is 136 Å². The van der Waals surface area contributed by atoms with Crippen molar-refractivity contribution in [1.29, 1.82) is 0 Å². The highest BCUT2D eigenvalue weighted by molar-refractivity contribution is 4.90. The lowest BCUT2D eigenvalue weighted by Gasteiger charge is -2.16. The molecule has 0 amide bonds. The molecule has 1 aromatic rings. The van der Waals surface area contributed by atoms with Gasteiger partial charge in [-0.25, -0.2) is 9.55 Å². The molecule has 1 rings (SSSR count). The molecule has 0 aliphatic carbocycles. The highest BCUT2D eigenvalue weighted by Crippen LogP contribution is 2.26. The number of rotatable bonds is 24. The van der Waals surface area contributed by atoms with Crippen LogP contribution in [0.2, 0.25) is 0 Å². The minimum atomic E-state index is 0.623. The summed E-state index contributed by atoms with van der Waals surface area (Å²) >= 11 is 0. The van der Waals surface area contributed by atoms with E-state index in [0.717, 1.165) is 0 Å². The first kappa shape index (κ1) is 30.2. The van der Waals surface area contributed by atoms with Gasteiger partial charge in [-0.2, -0.15) is 0 Å². The number of aromatic nitrogens is 2. The van der Waals surface area contributed by atoms with Gasteiger partial charge in [0.25, 0.3) is 5.82 Å². The van der Waals surface area contributed by atoms with Gasteiger partial charge in [0.05, 0.1) is 12.0 Å². The summed E-state index contributed by atoms with van der Waals surface area (Å²) in [5.41, 5.74) is 0. The number of aromatic amines is 1. The van der Waals surface area contributed by atoms with Gasteiger partial charge in [0.15, 0.2) is 0 Å². The van der Waals surface area contributed by atoms with Gasteiger partial charge in [0.2, 0.25) is 0 Å². The van der Waals surface area contributed by atoms with E-state index in [-0.39, 0.29) is 0 Å². The van der Waals surface area contributed by atoms with Gasteiger partial charge >= 0.3 is 0 Å². The number of unbranched alkanes of at least 4 members (excludes halogenated alkanes) is 16. The lowest BCUT2D eigenvalue weighted by atomic mass is 9.94. The summed E-state index contributed by atoms with van der Waals surface area (Å²) in [4.78, 5) is 3.65. The predicted molar refractivity (Wildman–Crippen MR) is 147 cm³/mol. The van der Waals surface area contributed by atoms with Crippen LogP contribution in [0, 0.1) is 0 Å². The van der Waals surface area contributed by atoms with Gasteiger partial charge in [-0.3, -0.25) is 0 Å². The molecule has 0 radical (unpaired) electrons. The topological polar surface area (TPSA) is 19.7 Å². The van der Waals surface area contributed by atoms with Crippen molar-refractivity contribution in [3.63, 3.8) is 0 Å². The molecule has 33 heavy (non-hydrogen) atoms. The largest absolute Gasteiger partial charge is 0.257 e. The Morgan fingerprint density at radius 3 is 1.52 bits per heavy atom. The molecule has 0 aromatic carbocycles. The third-order valence-electron chi connectivity index (χ3n) is 7.62. The summed E-state index contributed by atoms with van der Waals surface area (Å²) in [6.07, 6.45) is 35.4. The van der Waals surface area contributed by atoms with Crippen LogP contribution in [0.3, 0.4) is 0 Å². The molecule has 0 saturated heterocycles. The zero-order valence-electron chi connectivity index (χ0n) is 23.3. The fourth-order valence-corrected chi connectivity index (χ4v) is 5.43. The third-order valence-corrected chi connectivity index (χ3v) is 7.62. The molecule has 1 aromatic heterocycles. The lowest BCUT2D eigenvalue weighted by molar-refractivity contribution is -0.727. The first-order valence-corrected chi connectivity index (χ1v) is 15.3. The third kappa shape index (κ3) is 14.9. The predicted octanol–water partition coefficient (Wildman–Crippen LogP) is 10.6. The Hall–Kier alpha value is -0.790. The molecule has 1 heterocycles. The molecule has 2 heteroatoms. The quantitative estimate of drug-likeness (QED) is 0.117. The maximum absolute atomic E-state index is 3.65. The molecular formula is C31H61N2+. The molecule has 0 bridgehead atoms. The van der Waals surface area contributed by atoms with Crippen LogP contribution in [-0.4, -0.2) is 4.98 Å². The summed E-state index contributed by atoms with van der Waals surface area (Å²) < 4.78 is 2.58. The van der Waals surface area contributed by atoms with Crippen molar-refractivity contribution in [2.24, 2.45) is 0 Å². The lowest BCUT2D eigenvalue weighted by Crippen LogP contribution is -2.41. The second-order valence-electron chi connectivity index (χ2n) is 10.8. The number of hydrogen-bond acceptors (Lipinski definition) is 0. The number of H-pyrrole nitrogens is 1. The monoisotopic (exact) mass is 461 g/mol. The number of nitrogens with one attached hydrogen (secondary N) is 1. The minimum absolute atomic E-state index is 0.623. The van der Waals surface area contributed by atoms with Gasteiger partial charge < -0.3 is 0 Å². The fourth-order valence-electron chi connectivity index (χ4n) is 5.43. The average Bonchev–Trinajstić information content (AvgIpc) is 3.31. The summed E-state index contributed by atoms with van der Waals surface area (Å²) in [5, 5.41) is 0. The highest BCUT2D eigenvalue weighted by Gasteiger charge is 2.24. The Balaban J connectivity index is 2.27. The van der Waals surface area contributed by atoms with Crippen LogP contribution < -0.4 is 4.57 Å². The van der Waals surface area contributed by atoms with Crippen LogP contribution in [0.5, 0.6) is 0 Å². The highest BCUT2D eigenvalue weighted by atomic mass is 15.1. The Morgan fingerprint density at radius 2 is 1.03 bits per heavy atom. The van der Waals surface area contributed by atoms with Crippen molar-refractivity contribution >= 4 is 0 Å². The van der Waals surface area contributed by atoms with E-state index >= 15 is 0 Å². The second kappa shape index (κ2) is 21.7. The van der Waals surface area contributed by atoms with E-state index in [9.17, 15) is 0 Å². The van der Waals surface area contributed by atoms with Crippen LogP contribution in [0.4, 0.5) is 0 Å². The van der Waals surface area contributed by atoms with Gasteiger partial charge in [-0.15, -0.1) is 0 Å². The van der Waals surface area contributed by atoms with Gasteiger partial charge in [-0.05, 0) is 32.6 Å². The van der Waals surface area contributed by atoms with Crippen LogP contribution in [0.25, 0.3) is 0 Å². The van der Waals surface area contributed by atoms with Crippen molar-refractivity contribution in [3.8, 4) is 0 Å². The fraction of sp³-hybridized carbons (Fsp3) is 0.903. The van der Waals surface area contributed by atoms with E-state index in [1.54, 1.807) is 0 Å². The standard InChI is InChI=1S/C31H60N2/c1-5-8-10-12-14-16-17-18-20-22-25-29(4)33-28-27-32-31(33)30(24-7-3)26-23-21-19-15-13-11-9-6-2/h27-30H,5-26H2,1-4H3/p+1. The van der Waals surface area contributed by atoms with Crippen LogP contribution >= 0.6 is 0 Å². The first-order valence-electron chi connectivity index (χ1n) is 15.3. The van der Waals surface area contributed by atoms with Crippen molar-refractivity contribution in [1.82, 2.24) is 4.98 Å². The van der Waals surface area contributed by atoms with Gasteiger partial charge in [0, 0.05) is 0 Å². The normalized spacial score (nSPS) is 13.5. The Kier molecular flexibility index (Phi) is 19.9. The van der Waals surface area contributed by atoms with E-state index < -0.39 is 0 Å². The second-order valence-corrected chi connectivity index (χ2v) is 10.8. The molecule has 1 N–H and O–H groups in total. The maximum Gasteiger partial charge on any atom is 0.257 e. The van der Waals surface area contributed by atoms with E-state index in [4.69, 9.17) is 0 Å². The van der Waals surface area contributed by atoms with Crippen molar-refractivity contribution in [2.75, 3.05) is 0 Å². The number of hydrogen-bond donors (Lipinski definition) is 1. The maximum atomic E-state index is 3.65.